The predicted octanol–water partition coefficient (Wildman–Crippen LogP) is -4.91. The third kappa shape index (κ3) is 5.11. The van der Waals surface area contributed by atoms with Gasteiger partial charge in [-0.05, 0) is 19.1 Å². The van der Waals surface area contributed by atoms with E-state index in [2.05, 4.69) is 12.6 Å². The molecule has 0 bridgehead atoms. The zero-order valence-electron chi connectivity index (χ0n) is 26.0. The first-order valence-corrected chi connectivity index (χ1v) is 15.9. The van der Waals surface area contributed by atoms with Crippen molar-refractivity contribution in [3.63, 3.8) is 0 Å². The second-order valence-corrected chi connectivity index (χ2v) is 13.7. The standard InChI is InChI=1S/C31H36O18S/c1-29(44)8-30(49-27-23(41)21(39)19(37)12(6-32)46-27)14(48-28-24(50)22(40)20(38)13(7-33)47-28)5-10-16(31(30,45)26(43)25(29)42)18(36)9-3-2-4-11(34)15(9)17(10)35/h2-5,12-13,19-25,27-28,32-34,37-42,44-45,50H,6-8H2,1H3/t12-,13-,19-,20-,21+,22+,23-,24-,25+,27-,28-,29+,30+,31-/m1/s1. The van der Waals surface area contributed by atoms with Crippen molar-refractivity contribution >= 4 is 30.0 Å². The smallest absolute Gasteiger partial charge is 0.214 e. The summed E-state index contributed by atoms with van der Waals surface area (Å²) in [6.45, 7) is -0.887. The van der Waals surface area contributed by atoms with Gasteiger partial charge in [0.05, 0.1) is 35.2 Å². The number of fused-ring (bicyclic) bond motifs is 3. The van der Waals surface area contributed by atoms with E-state index < -0.39 is 154 Å². The van der Waals surface area contributed by atoms with E-state index in [1.807, 2.05) is 0 Å². The van der Waals surface area contributed by atoms with Gasteiger partial charge in [-0.2, -0.15) is 12.6 Å². The van der Waals surface area contributed by atoms with E-state index in [9.17, 15) is 70.6 Å². The maximum Gasteiger partial charge on any atom is 0.214 e. The number of thiol groups is 1. The van der Waals surface area contributed by atoms with Crippen molar-refractivity contribution in [2.45, 2.75) is 96.8 Å². The highest BCUT2D eigenvalue weighted by atomic mass is 32.1. The number of phenols is 1. The lowest BCUT2D eigenvalue weighted by molar-refractivity contribution is -0.353. The Hall–Kier alpha value is -2.86. The average Bonchev–Trinajstić information content (AvgIpc) is 3.07. The molecule has 2 saturated heterocycles. The summed E-state index contributed by atoms with van der Waals surface area (Å²) in [4.78, 5) is 42.5. The zero-order valence-corrected chi connectivity index (χ0v) is 26.9. The summed E-state index contributed by atoms with van der Waals surface area (Å²) in [6.07, 6.45) is -19.7. The SMILES string of the molecule is C[C@]1(O)C[C@]2(O[C@H]3O[C@H](CO)[C@@H](O)[C@H](O)[C@H]3O)C(O[C@H]3O[C@H](CO)[C@@H](O)[C@H](O)[C@H]3S)=CC3=C(C(=O)c4cccc(O)c4C3=O)[C@@]2(O)C(=O)[C@@H]1O. The van der Waals surface area contributed by atoms with Gasteiger partial charge in [0.1, 0.15) is 60.3 Å². The largest absolute Gasteiger partial charge is 0.507 e. The third-order valence-corrected chi connectivity index (χ3v) is 10.5. The maximum atomic E-state index is 14.3. The molecule has 0 spiro atoms. The number of ether oxygens (including phenoxy) is 4. The fraction of sp³-hybridized carbons (Fsp3) is 0.581. The highest BCUT2D eigenvalue weighted by Crippen LogP contribution is 2.57. The number of hydrogen-bond donors (Lipinski definition) is 12. The van der Waals surface area contributed by atoms with E-state index in [1.165, 1.54) is 6.07 Å². The molecule has 1 aromatic carbocycles. The molecule has 1 saturated carbocycles. The van der Waals surface area contributed by atoms with Gasteiger partial charge >= 0.3 is 0 Å². The van der Waals surface area contributed by atoms with Crippen molar-refractivity contribution in [3.05, 3.63) is 52.3 Å². The second-order valence-electron chi connectivity index (χ2n) is 13.1. The van der Waals surface area contributed by atoms with E-state index >= 15 is 0 Å². The second kappa shape index (κ2) is 12.7. The van der Waals surface area contributed by atoms with E-state index in [-0.39, 0.29) is 0 Å². The molecule has 1 aromatic rings. The lowest BCUT2D eigenvalue weighted by Gasteiger charge is -2.58. The van der Waals surface area contributed by atoms with E-state index in [0.717, 1.165) is 25.1 Å². The number of Topliss-reactive ketones (excluding diaryl/α,β-unsaturated/α-hetero) is 3. The molecule has 0 unspecified atom stereocenters. The number of aromatic hydroxyl groups is 1. The van der Waals surface area contributed by atoms with Crippen LogP contribution in [-0.2, 0) is 23.7 Å². The molecule has 2 heterocycles. The topological polar surface area (TPSA) is 311 Å². The molecule has 14 atom stereocenters. The molecule has 50 heavy (non-hydrogen) atoms. The molecule has 18 nitrogen and oxygen atoms in total. The molecule has 11 N–H and O–H groups in total. The van der Waals surface area contributed by atoms with Crippen LogP contribution in [0.25, 0.3) is 0 Å². The van der Waals surface area contributed by atoms with Gasteiger partial charge in [0.15, 0.2) is 29.1 Å². The Bertz CT molecular complexity index is 1660. The minimum absolute atomic E-state index is 0.477. The number of aliphatic hydroxyl groups is 10. The van der Waals surface area contributed by atoms with E-state index in [1.54, 1.807) is 0 Å². The monoisotopic (exact) mass is 728 g/mol. The summed E-state index contributed by atoms with van der Waals surface area (Å²) in [6, 6.07) is 3.41. The first-order valence-electron chi connectivity index (χ1n) is 15.4. The van der Waals surface area contributed by atoms with Crippen LogP contribution < -0.4 is 0 Å². The van der Waals surface area contributed by atoms with Gasteiger partial charge < -0.3 is 75.1 Å². The normalized spacial score (nSPS) is 44.7. The highest BCUT2D eigenvalue weighted by Gasteiger charge is 2.75. The van der Waals surface area contributed by atoms with Crippen molar-refractivity contribution in [1.29, 1.82) is 0 Å². The quantitative estimate of drug-likeness (QED) is 0.122. The van der Waals surface area contributed by atoms with Crippen molar-refractivity contribution in [3.8, 4) is 5.75 Å². The fourth-order valence-corrected chi connectivity index (χ4v) is 7.49. The molecular weight excluding hydrogens is 692 g/mol. The van der Waals surface area contributed by atoms with Gasteiger partial charge in [-0.25, -0.2) is 0 Å². The van der Waals surface area contributed by atoms with Crippen LogP contribution in [0.15, 0.2) is 41.2 Å². The number of ketones is 3. The van der Waals surface area contributed by atoms with Crippen molar-refractivity contribution < 1.29 is 89.5 Å². The fourth-order valence-electron chi connectivity index (χ4n) is 7.18. The van der Waals surface area contributed by atoms with Crippen LogP contribution in [0, 0.1) is 0 Å². The van der Waals surface area contributed by atoms with Crippen molar-refractivity contribution in [2.24, 2.45) is 0 Å². The Morgan fingerprint density at radius 2 is 1.46 bits per heavy atom. The van der Waals surface area contributed by atoms with Crippen LogP contribution in [0.5, 0.6) is 5.75 Å². The number of benzene rings is 1. The number of carbonyl (C=O) groups excluding carboxylic acids is 3. The van der Waals surface area contributed by atoms with Gasteiger partial charge in [-0.3, -0.25) is 14.4 Å². The van der Waals surface area contributed by atoms with E-state index in [4.69, 9.17) is 18.9 Å². The summed E-state index contributed by atoms with van der Waals surface area (Å²) in [5.74, 6) is -5.58. The van der Waals surface area contributed by atoms with Crippen LogP contribution in [-0.4, -0.2) is 170 Å². The van der Waals surface area contributed by atoms with Gasteiger partial charge in [-0.1, -0.05) is 12.1 Å². The molecule has 5 aliphatic rings. The lowest BCUT2D eigenvalue weighted by atomic mass is 9.55. The van der Waals surface area contributed by atoms with Crippen LogP contribution in [0.4, 0.5) is 0 Å². The number of allylic oxidation sites excluding steroid dienone is 2. The first kappa shape index (κ1) is 36.9. The van der Waals surface area contributed by atoms with Crippen molar-refractivity contribution in [2.75, 3.05) is 13.2 Å². The molecule has 3 fully saturated rings. The Morgan fingerprint density at radius 3 is 2.08 bits per heavy atom. The molecule has 6 rings (SSSR count). The Morgan fingerprint density at radius 1 is 0.860 bits per heavy atom. The summed E-state index contributed by atoms with van der Waals surface area (Å²) >= 11 is 4.24. The summed E-state index contributed by atoms with van der Waals surface area (Å²) < 4.78 is 23.2. The number of hydrogen-bond acceptors (Lipinski definition) is 19. The summed E-state index contributed by atoms with van der Waals surface area (Å²) in [5, 5.41) is 117. The molecule has 19 heteroatoms. The molecule has 2 aliphatic heterocycles. The highest BCUT2D eigenvalue weighted by molar-refractivity contribution is 7.81. The third-order valence-electron chi connectivity index (χ3n) is 9.93. The first-order chi connectivity index (χ1) is 23.4. The van der Waals surface area contributed by atoms with Crippen LogP contribution in [0.1, 0.15) is 34.1 Å². The lowest BCUT2D eigenvalue weighted by Crippen LogP contribution is -2.77. The Labute approximate surface area is 287 Å². The van der Waals surface area contributed by atoms with Gasteiger partial charge in [0, 0.05) is 17.6 Å². The Kier molecular flexibility index (Phi) is 9.35. The molecule has 0 aromatic heterocycles. The number of carbonyl (C=O) groups is 3. The molecule has 0 amide bonds. The Balaban J connectivity index is 1.61. The molecule has 0 radical (unpaired) electrons. The zero-order chi connectivity index (χ0) is 36.8. The van der Waals surface area contributed by atoms with Gasteiger partial charge in [-0.15, -0.1) is 0 Å². The summed E-state index contributed by atoms with van der Waals surface area (Å²) in [7, 11) is 0. The average molecular weight is 729 g/mol. The summed E-state index contributed by atoms with van der Waals surface area (Å²) in [5.41, 5.74) is -11.9. The van der Waals surface area contributed by atoms with Crippen LogP contribution in [0.2, 0.25) is 0 Å². The van der Waals surface area contributed by atoms with E-state index in [0.29, 0.717) is 0 Å². The number of aliphatic hydroxyl groups excluding tert-OH is 8. The van der Waals surface area contributed by atoms with Gasteiger partial charge in [0.2, 0.25) is 12.1 Å². The minimum Gasteiger partial charge on any atom is -0.507 e. The molecule has 274 valence electrons. The number of rotatable bonds is 6. The van der Waals surface area contributed by atoms with Crippen LogP contribution in [0.3, 0.4) is 0 Å². The molecular formula is C31H36O18S. The molecule has 3 aliphatic carbocycles. The number of phenolic OH excluding ortho intramolecular Hbond substituents is 1. The predicted molar refractivity (Wildman–Crippen MR) is 162 cm³/mol. The van der Waals surface area contributed by atoms with Gasteiger partial charge in [0.25, 0.3) is 0 Å². The van der Waals surface area contributed by atoms with Crippen LogP contribution >= 0.6 is 12.6 Å². The maximum absolute atomic E-state index is 14.3. The van der Waals surface area contributed by atoms with Crippen molar-refractivity contribution in [1.82, 2.24) is 0 Å². The minimum atomic E-state index is -3.54.